The second-order valence-electron chi connectivity index (χ2n) is 8.05. The smallest absolute Gasteiger partial charge is 0.259 e. The Hall–Kier alpha value is -3.72. The van der Waals surface area contributed by atoms with Crippen molar-refractivity contribution in [1.82, 2.24) is 15.0 Å². The minimum absolute atomic E-state index is 0.114. The van der Waals surface area contributed by atoms with Crippen molar-refractivity contribution in [2.24, 2.45) is 0 Å². The van der Waals surface area contributed by atoms with Crippen molar-refractivity contribution in [3.63, 3.8) is 0 Å². The maximum Gasteiger partial charge on any atom is 0.259 e. The number of nitrogen functional groups attached to an aromatic ring is 1. The number of rotatable bonds is 4. The molecule has 3 heterocycles. The lowest BCUT2D eigenvalue weighted by molar-refractivity contribution is 0.0997. The van der Waals surface area contributed by atoms with E-state index in [0.717, 1.165) is 11.1 Å². The number of amides is 1. The highest BCUT2D eigenvalue weighted by Gasteiger charge is 2.30. The molecule has 2 aromatic heterocycles. The van der Waals surface area contributed by atoms with Gasteiger partial charge in [-0.05, 0) is 49.7 Å². The molecule has 0 radical (unpaired) electrons. The molecule has 0 spiro atoms. The summed E-state index contributed by atoms with van der Waals surface area (Å²) < 4.78 is 24.8. The Morgan fingerprint density at radius 1 is 1.12 bits per heavy atom. The van der Waals surface area contributed by atoms with E-state index in [-0.39, 0.29) is 10.8 Å². The molecular formula is C23H21N5O3S. The number of nitrogens with one attached hydrogen (secondary N) is 1. The minimum atomic E-state index is -3.35. The number of benzene rings is 2. The van der Waals surface area contributed by atoms with Crippen molar-refractivity contribution in [3.8, 4) is 11.3 Å². The van der Waals surface area contributed by atoms with Crippen LogP contribution in [0.5, 0.6) is 0 Å². The van der Waals surface area contributed by atoms with Crippen molar-refractivity contribution in [1.29, 1.82) is 0 Å². The van der Waals surface area contributed by atoms with Crippen LogP contribution in [0.15, 0.2) is 59.8 Å². The number of nitrogens with two attached hydrogens (primary N) is 1. The number of aromatic nitrogens is 3. The topological polar surface area (TPSA) is 122 Å². The summed E-state index contributed by atoms with van der Waals surface area (Å²) >= 11 is 0. The number of hydrogen-bond acceptors (Lipinski definition) is 6. The average Bonchev–Trinajstić information content (AvgIpc) is 3.33. The third kappa shape index (κ3) is 3.13. The van der Waals surface area contributed by atoms with Crippen molar-refractivity contribution in [2.45, 2.75) is 30.5 Å². The van der Waals surface area contributed by atoms with Crippen LogP contribution >= 0.6 is 0 Å². The first kappa shape index (κ1) is 20.2. The molecule has 1 amide bonds. The predicted octanol–water partition coefficient (Wildman–Crippen LogP) is 3.55. The van der Waals surface area contributed by atoms with E-state index in [1.165, 1.54) is 0 Å². The zero-order valence-electron chi connectivity index (χ0n) is 17.5. The fraction of sp³-hybridized carbons (Fsp3) is 0.174. The number of sulfone groups is 1. The van der Waals surface area contributed by atoms with Gasteiger partial charge in [0.25, 0.3) is 5.91 Å². The molecule has 0 bridgehead atoms. The molecule has 32 heavy (non-hydrogen) atoms. The fourth-order valence-electron chi connectivity index (χ4n) is 3.85. The zero-order valence-corrected chi connectivity index (χ0v) is 18.3. The van der Waals surface area contributed by atoms with E-state index < -0.39 is 15.1 Å². The van der Waals surface area contributed by atoms with Gasteiger partial charge in [-0.25, -0.2) is 18.4 Å². The summed E-state index contributed by atoms with van der Waals surface area (Å²) in [5.41, 5.74) is 11.1. The van der Waals surface area contributed by atoms with Crippen LogP contribution in [-0.4, -0.2) is 34.5 Å². The molecule has 0 saturated heterocycles. The molecule has 0 fully saturated rings. The highest BCUT2D eigenvalue weighted by Crippen LogP contribution is 2.34. The van der Waals surface area contributed by atoms with Gasteiger partial charge < -0.3 is 15.6 Å². The second kappa shape index (κ2) is 7.16. The first-order valence-corrected chi connectivity index (χ1v) is 11.7. The third-order valence-electron chi connectivity index (χ3n) is 5.68. The van der Waals surface area contributed by atoms with Crippen LogP contribution < -0.4 is 10.6 Å². The maximum absolute atomic E-state index is 13.0. The number of hydrogen-bond donors (Lipinski definition) is 2. The molecule has 162 valence electrons. The highest BCUT2D eigenvalue weighted by atomic mass is 32.2. The van der Waals surface area contributed by atoms with Crippen molar-refractivity contribution in [2.75, 3.05) is 10.6 Å². The van der Waals surface area contributed by atoms with Gasteiger partial charge in [0.2, 0.25) is 0 Å². The second-order valence-corrected chi connectivity index (χ2v) is 10.6. The van der Waals surface area contributed by atoms with Crippen LogP contribution in [0.25, 0.3) is 22.4 Å². The van der Waals surface area contributed by atoms with Crippen molar-refractivity contribution < 1.29 is 13.2 Å². The van der Waals surface area contributed by atoms with Crippen molar-refractivity contribution in [3.05, 3.63) is 66.0 Å². The quantitative estimate of drug-likeness (QED) is 0.461. The minimum Gasteiger partial charge on any atom is -0.399 e. The summed E-state index contributed by atoms with van der Waals surface area (Å²) in [6.07, 6.45) is 3.34. The van der Waals surface area contributed by atoms with E-state index in [2.05, 4.69) is 9.97 Å². The summed E-state index contributed by atoms with van der Waals surface area (Å²) in [4.78, 5) is 27.1. The van der Waals surface area contributed by atoms with Gasteiger partial charge in [0, 0.05) is 23.0 Å². The van der Waals surface area contributed by atoms with Gasteiger partial charge in [0.05, 0.1) is 34.3 Å². The molecule has 0 saturated carbocycles. The van der Waals surface area contributed by atoms with E-state index in [0.29, 0.717) is 40.3 Å². The number of anilines is 2. The highest BCUT2D eigenvalue weighted by molar-refractivity contribution is 7.92. The fourth-order valence-corrected chi connectivity index (χ4v) is 4.91. The molecule has 0 atom stereocenters. The molecule has 1 aliphatic heterocycles. The summed E-state index contributed by atoms with van der Waals surface area (Å²) in [6.45, 7) is 3.71. The van der Waals surface area contributed by atoms with Gasteiger partial charge in [-0.3, -0.25) is 4.79 Å². The number of H-pyrrole nitrogens is 1. The molecule has 1 aliphatic rings. The van der Waals surface area contributed by atoms with E-state index in [4.69, 9.17) is 10.7 Å². The van der Waals surface area contributed by atoms with Gasteiger partial charge in [0.1, 0.15) is 5.52 Å². The molecule has 0 aliphatic carbocycles. The van der Waals surface area contributed by atoms with Crippen LogP contribution in [0.3, 0.4) is 0 Å². The normalized spacial score (nSPS) is 13.8. The average molecular weight is 448 g/mol. The monoisotopic (exact) mass is 447 g/mol. The summed E-state index contributed by atoms with van der Waals surface area (Å²) in [7, 11) is -3.35. The summed E-state index contributed by atoms with van der Waals surface area (Å²) in [5, 5.41) is -0.496. The number of fused-ring (bicyclic) bond motifs is 2. The molecule has 3 N–H and O–H groups in total. The third-order valence-corrected chi connectivity index (χ3v) is 7.85. The van der Waals surface area contributed by atoms with Gasteiger partial charge in [-0.15, -0.1) is 0 Å². The van der Waals surface area contributed by atoms with Gasteiger partial charge >= 0.3 is 0 Å². The van der Waals surface area contributed by atoms with Crippen molar-refractivity contribution >= 4 is 38.3 Å². The lowest BCUT2D eigenvalue weighted by Gasteiger charge is -2.14. The first-order valence-electron chi connectivity index (χ1n) is 10.1. The summed E-state index contributed by atoms with van der Waals surface area (Å²) in [6, 6.07) is 11.9. The number of nitrogens with zero attached hydrogens (tertiary/aromatic N) is 3. The first-order chi connectivity index (χ1) is 15.3. The standard InChI is InChI=1S/C23H21N5O3S/c1-13(2)32(30,31)17-6-3-14(4-7-17)19-10-25-22-21(27-19)20(11-26-22)28-12-15-9-16(24)5-8-18(15)23(28)29/h3-11,13H,12,24H2,1-2H3,(H,25,26). The molecule has 5 rings (SSSR count). The Morgan fingerprint density at radius 2 is 1.88 bits per heavy atom. The Morgan fingerprint density at radius 3 is 2.59 bits per heavy atom. The van der Waals surface area contributed by atoms with E-state index >= 15 is 0 Å². The largest absolute Gasteiger partial charge is 0.399 e. The van der Waals surface area contributed by atoms with Gasteiger partial charge in [0.15, 0.2) is 15.5 Å². The molecule has 4 aromatic rings. The van der Waals surface area contributed by atoms with Crippen LogP contribution in [0.1, 0.15) is 29.8 Å². The van der Waals surface area contributed by atoms with Crippen LogP contribution in [0, 0.1) is 0 Å². The summed E-state index contributed by atoms with van der Waals surface area (Å²) in [5.74, 6) is -0.114. The molecule has 9 heteroatoms. The van der Waals surface area contributed by atoms with Crippen LogP contribution in [0.4, 0.5) is 11.4 Å². The zero-order chi connectivity index (χ0) is 22.6. The molecule has 8 nitrogen and oxygen atoms in total. The lowest BCUT2D eigenvalue weighted by Crippen LogP contribution is -2.22. The van der Waals surface area contributed by atoms with Crippen LogP contribution in [0.2, 0.25) is 0 Å². The Bertz CT molecular complexity index is 1470. The van der Waals surface area contributed by atoms with Gasteiger partial charge in [-0.1, -0.05) is 12.1 Å². The molecule has 2 aromatic carbocycles. The molecular weight excluding hydrogens is 426 g/mol. The predicted molar refractivity (Wildman–Crippen MR) is 123 cm³/mol. The van der Waals surface area contributed by atoms with E-state index in [1.54, 1.807) is 67.5 Å². The Kier molecular flexibility index (Phi) is 4.52. The van der Waals surface area contributed by atoms with Crippen LogP contribution in [-0.2, 0) is 16.4 Å². The van der Waals surface area contributed by atoms with E-state index in [1.807, 2.05) is 6.07 Å². The Labute approximate surface area is 185 Å². The number of aromatic amines is 1. The van der Waals surface area contributed by atoms with Gasteiger partial charge in [-0.2, -0.15) is 0 Å². The lowest BCUT2D eigenvalue weighted by atomic mass is 10.1. The molecule has 0 unspecified atom stereocenters. The SMILES string of the molecule is CC(C)S(=O)(=O)c1ccc(-c2cnc3[nH]cc(N4Cc5cc(N)ccc5C4=O)c3n2)cc1. The number of carbonyl (C=O) groups is 1. The Balaban J connectivity index is 1.52. The number of carbonyl (C=O) groups excluding carboxylic acids is 1. The maximum atomic E-state index is 13.0. The van der Waals surface area contributed by atoms with E-state index in [9.17, 15) is 13.2 Å².